The highest BCUT2D eigenvalue weighted by Crippen LogP contribution is 2.18. The van der Waals surface area contributed by atoms with E-state index in [-0.39, 0.29) is 24.0 Å². The second-order valence-electron chi connectivity index (χ2n) is 6.74. The van der Waals surface area contributed by atoms with Gasteiger partial charge in [-0.3, -0.25) is 4.99 Å². The van der Waals surface area contributed by atoms with Crippen molar-refractivity contribution in [2.24, 2.45) is 4.99 Å². The summed E-state index contributed by atoms with van der Waals surface area (Å²) in [5.41, 5.74) is 3.61. The highest BCUT2D eigenvalue weighted by atomic mass is 127. The number of ether oxygens (including phenoxy) is 1. The number of nitrogens with zero attached hydrogens (tertiary/aromatic N) is 4. The Kier molecular flexibility index (Phi) is 8.26. The lowest BCUT2D eigenvalue weighted by Gasteiger charge is -2.09. The molecule has 166 valence electrons. The first-order chi connectivity index (χ1) is 15.2. The molecule has 0 saturated heterocycles. The zero-order chi connectivity index (χ0) is 21.5. The fourth-order valence-corrected chi connectivity index (χ4v) is 3.01. The van der Waals surface area contributed by atoms with Gasteiger partial charge in [-0.2, -0.15) is 5.10 Å². The van der Waals surface area contributed by atoms with Crippen molar-refractivity contribution in [1.29, 1.82) is 0 Å². The molecule has 0 fully saturated rings. The van der Waals surface area contributed by atoms with Gasteiger partial charge in [-0.05, 0) is 42.5 Å². The number of oxazole rings is 1. The first kappa shape index (κ1) is 23.3. The van der Waals surface area contributed by atoms with Gasteiger partial charge in [-0.15, -0.1) is 24.0 Å². The van der Waals surface area contributed by atoms with Crippen molar-refractivity contribution in [3.63, 3.8) is 0 Å². The van der Waals surface area contributed by atoms with E-state index in [9.17, 15) is 0 Å². The summed E-state index contributed by atoms with van der Waals surface area (Å²) < 4.78 is 12.6. The Hall–Kier alpha value is -3.34. The van der Waals surface area contributed by atoms with E-state index in [4.69, 9.17) is 9.15 Å². The van der Waals surface area contributed by atoms with Crippen molar-refractivity contribution in [3.8, 4) is 22.9 Å². The Bertz CT molecular complexity index is 1140. The van der Waals surface area contributed by atoms with Gasteiger partial charge in [0, 0.05) is 18.8 Å². The van der Waals surface area contributed by atoms with E-state index in [1.165, 1.54) is 0 Å². The monoisotopic (exact) mass is 544 g/mol. The van der Waals surface area contributed by atoms with Crippen LogP contribution in [0.15, 0.2) is 82.5 Å². The van der Waals surface area contributed by atoms with Crippen LogP contribution in [0.1, 0.15) is 11.4 Å². The Balaban J connectivity index is 0.00000289. The van der Waals surface area contributed by atoms with Crippen LogP contribution in [0.5, 0.6) is 5.75 Å². The lowest BCUT2D eigenvalue weighted by molar-refractivity contribution is 0.414. The van der Waals surface area contributed by atoms with Crippen LogP contribution in [-0.2, 0) is 13.1 Å². The molecule has 2 heterocycles. The Morgan fingerprint density at radius 1 is 1.00 bits per heavy atom. The molecule has 0 radical (unpaired) electrons. The predicted octanol–water partition coefficient (Wildman–Crippen LogP) is 4.02. The smallest absolute Gasteiger partial charge is 0.226 e. The molecule has 0 atom stereocenters. The largest absolute Gasteiger partial charge is 0.497 e. The van der Waals surface area contributed by atoms with Crippen LogP contribution in [-0.4, -0.2) is 34.9 Å². The van der Waals surface area contributed by atoms with E-state index < -0.39 is 0 Å². The van der Waals surface area contributed by atoms with Gasteiger partial charge in [0.1, 0.15) is 12.0 Å². The van der Waals surface area contributed by atoms with Crippen LogP contribution in [0.25, 0.3) is 17.1 Å². The maximum absolute atomic E-state index is 5.57. The lowest BCUT2D eigenvalue weighted by atomic mass is 10.2. The number of hydrogen-bond donors (Lipinski definition) is 2. The van der Waals surface area contributed by atoms with Gasteiger partial charge in [0.15, 0.2) is 5.96 Å². The van der Waals surface area contributed by atoms with Crippen molar-refractivity contribution >= 4 is 29.9 Å². The number of nitrogens with one attached hydrogen (secondary N) is 2. The van der Waals surface area contributed by atoms with Crippen LogP contribution in [0, 0.1) is 0 Å². The minimum atomic E-state index is 0. The summed E-state index contributed by atoms with van der Waals surface area (Å²) in [5.74, 6) is 2.07. The molecule has 2 aromatic carbocycles. The summed E-state index contributed by atoms with van der Waals surface area (Å²) >= 11 is 0. The number of guanidine groups is 1. The Morgan fingerprint density at radius 2 is 1.72 bits per heavy atom. The van der Waals surface area contributed by atoms with Crippen molar-refractivity contribution in [1.82, 2.24) is 25.4 Å². The third-order valence-corrected chi connectivity index (χ3v) is 4.65. The SMILES string of the molecule is CN=C(NCc1coc(-c2ccccc2)n1)NCc1ccn(-c2ccc(OC)cc2)n1.I. The quantitative estimate of drug-likeness (QED) is 0.208. The average Bonchev–Trinajstić information content (AvgIpc) is 3.50. The molecule has 0 aliphatic rings. The topological polar surface area (TPSA) is 89.5 Å². The average molecular weight is 544 g/mol. The minimum absolute atomic E-state index is 0. The second-order valence-corrected chi connectivity index (χ2v) is 6.74. The number of benzene rings is 2. The maximum Gasteiger partial charge on any atom is 0.226 e. The van der Waals surface area contributed by atoms with Gasteiger partial charge >= 0.3 is 0 Å². The Labute approximate surface area is 203 Å². The number of halogens is 1. The van der Waals surface area contributed by atoms with E-state index in [1.807, 2.05) is 71.5 Å². The lowest BCUT2D eigenvalue weighted by Crippen LogP contribution is -2.36. The third-order valence-electron chi connectivity index (χ3n) is 4.65. The molecule has 0 aliphatic heterocycles. The highest BCUT2D eigenvalue weighted by molar-refractivity contribution is 14.0. The molecule has 0 unspecified atom stereocenters. The van der Waals surface area contributed by atoms with Crippen LogP contribution < -0.4 is 15.4 Å². The van der Waals surface area contributed by atoms with E-state index in [1.54, 1.807) is 20.4 Å². The molecule has 9 heteroatoms. The molecule has 0 spiro atoms. The molecular formula is C23H25IN6O2. The molecule has 32 heavy (non-hydrogen) atoms. The molecule has 2 N–H and O–H groups in total. The highest BCUT2D eigenvalue weighted by Gasteiger charge is 2.08. The number of hydrogen-bond acceptors (Lipinski definition) is 5. The molecule has 8 nitrogen and oxygen atoms in total. The van der Waals surface area contributed by atoms with Gasteiger partial charge < -0.3 is 19.8 Å². The van der Waals surface area contributed by atoms with Gasteiger partial charge in [0.05, 0.1) is 37.3 Å². The molecule has 0 saturated carbocycles. The van der Waals surface area contributed by atoms with E-state index in [0.717, 1.165) is 28.4 Å². The van der Waals surface area contributed by atoms with Crippen molar-refractivity contribution < 1.29 is 9.15 Å². The number of aliphatic imine (C=N–C) groups is 1. The fraction of sp³-hybridized carbons (Fsp3) is 0.174. The molecular weight excluding hydrogens is 519 g/mol. The maximum atomic E-state index is 5.57. The van der Waals surface area contributed by atoms with Crippen molar-refractivity contribution in [2.75, 3.05) is 14.2 Å². The summed E-state index contributed by atoms with van der Waals surface area (Å²) in [4.78, 5) is 8.77. The summed E-state index contributed by atoms with van der Waals surface area (Å²) in [5, 5.41) is 11.1. The molecule has 4 aromatic rings. The third kappa shape index (κ3) is 5.88. The van der Waals surface area contributed by atoms with Crippen molar-refractivity contribution in [3.05, 3.63) is 84.5 Å². The van der Waals surface area contributed by atoms with Gasteiger partial charge in [-0.25, -0.2) is 9.67 Å². The molecule has 0 amide bonds. The zero-order valence-corrected chi connectivity index (χ0v) is 20.2. The van der Waals surface area contributed by atoms with Gasteiger partial charge in [0.2, 0.25) is 5.89 Å². The number of methoxy groups -OCH3 is 1. The fourth-order valence-electron chi connectivity index (χ4n) is 3.01. The van der Waals surface area contributed by atoms with Crippen LogP contribution >= 0.6 is 24.0 Å². The molecule has 0 aliphatic carbocycles. The van der Waals surface area contributed by atoms with Crippen molar-refractivity contribution in [2.45, 2.75) is 13.1 Å². The summed E-state index contributed by atoms with van der Waals surface area (Å²) in [7, 11) is 3.38. The predicted molar refractivity (Wildman–Crippen MR) is 135 cm³/mol. The zero-order valence-electron chi connectivity index (χ0n) is 17.9. The molecule has 2 aromatic heterocycles. The second kappa shape index (κ2) is 11.3. The van der Waals surface area contributed by atoms with Crippen LogP contribution in [0.3, 0.4) is 0 Å². The summed E-state index contributed by atoms with van der Waals surface area (Å²) in [6.07, 6.45) is 3.58. The minimum Gasteiger partial charge on any atom is -0.497 e. The Morgan fingerprint density at radius 3 is 2.41 bits per heavy atom. The summed E-state index contributed by atoms with van der Waals surface area (Å²) in [6, 6.07) is 19.5. The summed E-state index contributed by atoms with van der Waals surface area (Å²) in [6.45, 7) is 1.03. The van der Waals surface area contributed by atoms with E-state index >= 15 is 0 Å². The first-order valence-electron chi connectivity index (χ1n) is 9.88. The van der Waals surface area contributed by atoms with Crippen LogP contribution in [0.2, 0.25) is 0 Å². The number of rotatable bonds is 7. The van der Waals surface area contributed by atoms with E-state index in [0.29, 0.717) is 24.9 Å². The number of aromatic nitrogens is 3. The normalized spacial score (nSPS) is 11.0. The van der Waals surface area contributed by atoms with Gasteiger partial charge in [-0.1, -0.05) is 18.2 Å². The van der Waals surface area contributed by atoms with E-state index in [2.05, 4.69) is 25.7 Å². The van der Waals surface area contributed by atoms with Gasteiger partial charge in [0.25, 0.3) is 0 Å². The standard InChI is InChI=1S/C23H24N6O2.HI/c1-24-23(26-15-19-16-31-22(27-19)17-6-4-3-5-7-17)25-14-18-12-13-29(28-18)20-8-10-21(30-2)11-9-20;/h3-13,16H,14-15H2,1-2H3,(H2,24,25,26);1H. The molecule has 4 rings (SSSR count). The molecule has 0 bridgehead atoms. The first-order valence-corrected chi connectivity index (χ1v) is 9.88. The van der Waals surface area contributed by atoms with Crippen LogP contribution in [0.4, 0.5) is 0 Å².